The van der Waals surface area contributed by atoms with Crippen molar-refractivity contribution in [2.24, 2.45) is 0 Å². The minimum absolute atomic E-state index is 0. The van der Waals surface area contributed by atoms with Crippen molar-refractivity contribution >= 4 is 190 Å². The van der Waals surface area contributed by atoms with Crippen LogP contribution in [0.25, 0.3) is 64.4 Å². The molecule has 0 bridgehead atoms. The standard InChI is InChI=1S/C29H40N6O5S2.C24H29N5O6S2.C18H21N5O5S2.C6H9IO.C5H11N.C4H6O4.C2H3BO2.Na/c1-19-26(40-22-9-7-21(8-10-22)34-11-5-4-6-12-34)25-27(41-19)24(31-29(32-25)35-13-15-39-16-14-35)20-17-23(33-42(3,36)37)28(38-2)30-18-20;1-14-21(35-17-6-4-16(30)5-7-17)20-22(36-14)19(26-24(27-20)29-8-10-34-11-9-29)15-12-18(28-37(3,31)32)23(33-2)25-13-15;1-10-15(24)14-16(29-10)13(20-18(21-14)23-4-6-28-7-5-23)11-8-12(22-30(3,25)26)17(27-2)19-9-11;7-5-1-3-6(8)4-2-5;1-2-4-6-5-3-1;1-3(5)7-8-4(2)6;1-2(4)5-3;/h17-18,21-22,33H,4-16H2,1-3H3;12-13,17,28H,4-11H2,1-3H3;8-9,22,24H,4-7H2,1-3H3;5H,1-4H2;6H,1-5H2;1-2H3;1H3;/q;;;;;;-1;+1. The zero-order chi connectivity index (χ0) is 98.0. The summed E-state index contributed by atoms with van der Waals surface area (Å²) in [6.45, 7) is 21.8. The number of aryl methyl sites for hydroxylation is 3. The molecule has 14 heterocycles. The summed E-state index contributed by atoms with van der Waals surface area (Å²) in [6, 6.07) is 5.67. The number of rotatable bonds is 20. The molecule has 3 saturated carbocycles. The number of hydrogen-bond donors (Lipinski definition) is 5. The number of thiophene rings is 3. The van der Waals surface area contributed by atoms with Gasteiger partial charge in [0, 0.05) is 146 Å². The summed E-state index contributed by atoms with van der Waals surface area (Å²) in [5, 5.41) is 13.8. The van der Waals surface area contributed by atoms with Crippen LogP contribution in [0.4, 0.5) is 34.9 Å². The number of carbonyl (C=O) groups is 5. The van der Waals surface area contributed by atoms with Gasteiger partial charge in [0.2, 0.25) is 71.5 Å². The first-order valence-corrected chi connectivity index (χ1v) is 54.2. The van der Waals surface area contributed by atoms with Crippen LogP contribution in [0.3, 0.4) is 0 Å². The number of morpholine rings is 3. The average molecular weight is 2140 g/mol. The van der Waals surface area contributed by atoms with Crippen LogP contribution in [0.5, 0.6) is 34.9 Å². The molecule has 3 radical (unpaired) electrons. The number of fused-ring (bicyclic) bond motifs is 3. The fraction of sp³-hybridized carbons (Fsp3) is 0.568. The predicted molar refractivity (Wildman–Crippen MR) is 531 cm³/mol. The zero-order valence-electron chi connectivity index (χ0n) is 79.5. The number of aromatic nitrogens is 9. The number of likely N-dealkylation sites (tertiary alicyclic amines) is 1. The van der Waals surface area contributed by atoms with E-state index in [1.54, 1.807) is 48.1 Å². The number of hydrogen-bond acceptors (Lipinski definition) is 40. The molecule has 137 heavy (non-hydrogen) atoms. The summed E-state index contributed by atoms with van der Waals surface area (Å²) >= 11 is 6.90. The number of anilines is 6. The minimum atomic E-state index is -3.57. The number of Topliss-reactive ketones (excluding diaryl/α,β-unsaturated/α-hetero) is 2. The number of halogens is 1. The molecule has 5 aliphatic heterocycles. The average Bonchev–Trinajstić information content (AvgIpc) is 1.62. The van der Waals surface area contributed by atoms with Crippen molar-refractivity contribution in [2.75, 3.05) is 174 Å². The van der Waals surface area contributed by atoms with Crippen LogP contribution in [0.2, 0.25) is 0 Å². The van der Waals surface area contributed by atoms with Crippen molar-refractivity contribution in [1.82, 2.24) is 55.1 Å². The number of alkyl halides is 1. The molecule has 17 rings (SSSR count). The molecule has 0 unspecified atom stereocenters. The molecule has 5 N–H and O–H groups in total. The molecular weight excluding hydrogens is 2020 g/mol. The number of ketones is 2. The molecule has 8 fully saturated rings. The van der Waals surface area contributed by atoms with Gasteiger partial charge in [-0.1, -0.05) is 35.4 Å². The van der Waals surface area contributed by atoms with E-state index in [-0.39, 0.29) is 88.0 Å². The Bertz CT molecular complexity index is 5930. The first-order chi connectivity index (χ1) is 64.9. The second kappa shape index (κ2) is 52.7. The Morgan fingerprint density at radius 3 is 1.12 bits per heavy atom. The maximum atomic E-state index is 12.1. The summed E-state index contributed by atoms with van der Waals surface area (Å²) in [5.74, 6) is 2.74. The molecule has 3 aliphatic carbocycles. The second-order valence-corrected chi connectivity index (χ2v) is 43.9. The monoisotopic (exact) mass is 2130 g/mol. The van der Waals surface area contributed by atoms with Gasteiger partial charge in [-0.3, -0.25) is 28.5 Å². The predicted octanol–water partition coefficient (Wildman–Crippen LogP) is 8.96. The number of sulfonamides is 3. The van der Waals surface area contributed by atoms with Crippen molar-refractivity contribution in [2.45, 2.75) is 179 Å². The summed E-state index contributed by atoms with van der Waals surface area (Å²) < 4.78 is 131. The van der Waals surface area contributed by atoms with Gasteiger partial charge in [-0.2, -0.15) is 0 Å². The molecule has 49 heteroatoms. The van der Waals surface area contributed by atoms with Gasteiger partial charge in [-0.05, 0) is 142 Å². The Hall–Kier alpha value is -8.64. The number of pyridine rings is 3. The topological polar surface area (TPSA) is 487 Å². The molecule has 9 aromatic heterocycles. The fourth-order valence-corrected chi connectivity index (χ4v) is 21.1. The van der Waals surface area contributed by atoms with E-state index >= 15 is 0 Å². The molecular formula is C88H119BIN17NaO23S6. The number of piperidine rings is 2. The van der Waals surface area contributed by atoms with Gasteiger partial charge in [0.15, 0.2) is 17.2 Å². The molecule has 0 spiro atoms. The first kappa shape index (κ1) is 110. The number of nitrogens with zero attached hydrogens (tertiary/aromatic N) is 13. The van der Waals surface area contributed by atoms with E-state index in [0.29, 0.717) is 190 Å². The molecule has 8 aliphatic rings. The van der Waals surface area contributed by atoms with Gasteiger partial charge in [0.25, 0.3) is 0 Å². The fourth-order valence-electron chi connectivity index (χ4n) is 15.8. The molecule has 5 saturated heterocycles. The second-order valence-electron chi connectivity index (χ2n) is 33.2. The number of aromatic hydroxyl groups is 1. The van der Waals surface area contributed by atoms with Crippen LogP contribution in [-0.2, 0) is 82.7 Å². The van der Waals surface area contributed by atoms with Crippen LogP contribution in [0, 0.1) is 20.8 Å². The maximum absolute atomic E-state index is 12.1. The first-order valence-electron chi connectivity index (χ1n) is 44.8. The van der Waals surface area contributed by atoms with Crippen LogP contribution in [0.15, 0.2) is 36.8 Å². The van der Waals surface area contributed by atoms with Gasteiger partial charge in [0.1, 0.15) is 45.2 Å². The number of nitrogens with one attached hydrogen (secondary N) is 4. The number of carbonyl (C=O) groups excluding carboxylic acids is 5. The quantitative estimate of drug-likeness (QED) is 0.0156. The van der Waals surface area contributed by atoms with E-state index in [1.807, 2.05) is 18.7 Å². The Morgan fingerprint density at radius 2 is 0.803 bits per heavy atom. The van der Waals surface area contributed by atoms with Crippen molar-refractivity contribution < 1.29 is 136 Å². The third-order valence-electron chi connectivity index (χ3n) is 22.4. The maximum Gasteiger partial charge on any atom is 1.00 e. The molecule has 9 aromatic rings. The number of ether oxygens (including phenoxy) is 8. The van der Waals surface area contributed by atoms with E-state index in [9.17, 15) is 54.3 Å². The Balaban J connectivity index is 0.000000187. The number of methoxy groups -OCH3 is 3. The largest absolute Gasteiger partial charge is 1.00 e. The minimum Gasteiger partial charge on any atom is -0.793 e. The summed E-state index contributed by atoms with van der Waals surface area (Å²) in [6.07, 6.45) is 27.1. The van der Waals surface area contributed by atoms with E-state index in [0.717, 1.165) is 110 Å². The van der Waals surface area contributed by atoms with Crippen LogP contribution < -0.4 is 87.4 Å². The molecule has 0 atom stereocenters. The van der Waals surface area contributed by atoms with Crippen molar-refractivity contribution in [1.29, 1.82) is 0 Å². The zero-order valence-corrected chi connectivity index (χ0v) is 88.5. The van der Waals surface area contributed by atoms with E-state index < -0.39 is 48.0 Å². The summed E-state index contributed by atoms with van der Waals surface area (Å²) in [5.41, 5.74) is 6.34. The van der Waals surface area contributed by atoms with Gasteiger partial charge < -0.3 is 80.6 Å². The summed E-state index contributed by atoms with van der Waals surface area (Å²) in [7, 11) is -2.04. The van der Waals surface area contributed by atoms with Gasteiger partial charge in [0.05, 0.1) is 123 Å². The normalized spacial score (nSPS) is 17.9. The van der Waals surface area contributed by atoms with Crippen molar-refractivity contribution in [3.63, 3.8) is 0 Å². The van der Waals surface area contributed by atoms with Gasteiger partial charge >= 0.3 is 41.5 Å². The third kappa shape index (κ3) is 33.0. The molecule has 0 aromatic carbocycles. The Morgan fingerprint density at radius 1 is 0.474 bits per heavy atom. The van der Waals surface area contributed by atoms with Crippen LogP contribution in [-0.4, -0.2) is 285 Å². The van der Waals surface area contributed by atoms with Crippen molar-refractivity contribution in [3.05, 3.63) is 51.4 Å². The molecule has 40 nitrogen and oxygen atoms in total. The molecule has 741 valence electrons. The SMILES string of the molecule is C1CCNCC1.CC(=O)OOC(C)=O.COc1ncc(-c2nc(N3CCOCC3)nc3c(O)c(C)sc23)cc1NS(C)(=O)=O.COc1ncc(-c2nc(N3CCOCC3)nc3c(OC4CCC(=O)CC4)c(C)sc23)cc1NS(C)(=O)=O.COc1ncc(-c2nc(N3CCOCC3)nc3c(OC4CCC(N5CCCCC5)CC4)c(C)sc23)cc1NS(C)(=O)=O.O=C1CCC(I)CC1.[B-]OC(C)=O.[Na+]. The Kier molecular flexibility index (Phi) is 42.5. The van der Waals surface area contributed by atoms with Gasteiger partial charge in [-0.25, -0.2) is 89.5 Å². The Labute approximate surface area is 847 Å². The molecule has 0 amide bonds. The van der Waals surface area contributed by atoms with Crippen molar-refractivity contribution in [3.8, 4) is 68.7 Å². The third-order valence-corrected chi connectivity index (χ3v) is 28.7. The van der Waals surface area contributed by atoms with Crippen LogP contribution in [0.1, 0.15) is 151 Å². The smallest absolute Gasteiger partial charge is 0.793 e. The summed E-state index contributed by atoms with van der Waals surface area (Å²) in [4.78, 5) is 113. The van der Waals surface area contributed by atoms with E-state index in [4.69, 9.17) is 62.8 Å². The van der Waals surface area contributed by atoms with E-state index in [2.05, 4.69) is 106 Å². The van der Waals surface area contributed by atoms with E-state index in [1.165, 1.54) is 128 Å². The van der Waals surface area contributed by atoms with Crippen LogP contribution >= 0.6 is 56.6 Å². The van der Waals surface area contributed by atoms with Gasteiger partial charge in [-0.15, -0.1) is 34.0 Å².